The average molecular weight is 372 g/mol. The van der Waals surface area contributed by atoms with Gasteiger partial charge in [-0.25, -0.2) is 4.68 Å². The van der Waals surface area contributed by atoms with Gasteiger partial charge in [-0.2, -0.15) is 5.10 Å². The summed E-state index contributed by atoms with van der Waals surface area (Å²) in [7, 11) is 1.64. The van der Waals surface area contributed by atoms with Gasteiger partial charge in [0.05, 0.1) is 13.7 Å². The zero-order valence-electron chi connectivity index (χ0n) is 15.6. The standard InChI is InChI=1S/C20H25N3O2S/c1-14(2)23-20(26)22(13-15-9-11-17(25-3)12-10-15)19(24)18(21-23)16-7-5-4-6-8-16/h7,9-12,14H,4-6,8,13H2,1-3H3. The van der Waals surface area contributed by atoms with E-state index in [0.717, 1.165) is 36.1 Å². The first-order valence-corrected chi connectivity index (χ1v) is 9.48. The van der Waals surface area contributed by atoms with E-state index >= 15 is 0 Å². The van der Waals surface area contributed by atoms with Gasteiger partial charge in [-0.1, -0.05) is 18.2 Å². The Balaban J connectivity index is 2.10. The Morgan fingerprint density at radius 1 is 1.23 bits per heavy atom. The van der Waals surface area contributed by atoms with Gasteiger partial charge in [0.15, 0.2) is 10.5 Å². The maximum absolute atomic E-state index is 13.1. The minimum Gasteiger partial charge on any atom is -0.497 e. The molecule has 1 aliphatic carbocycles. The van der Waals surface area contributed by atoms with E-state index in [1.807, 2.05) is 38.1 Å². The predicted molar refractivity (Wildman–Crippen MR) is 106 cm³/mol. The Kier molecular flexibility index (Phi) is 5.71. The van der Waals surface area contributed by atoms with Crippen LogP contribution in [-0.4, -0.2) is 21.5 Å². The van der Waals surface area contributed by atoms with Gasteiger partial charge in [-0.15, -0.1) is 0 Å². The normalized spacial score (nSPS) is 14.4. The molecule has 0 amide bonds. The van der Waals surface area contributed by atoms with Crippen molar-refractivity contribution in [2.75, 3.05) is 7.11 Å². The number of allylic oxidation sites excluding steroid dienone is 2. The summed E-state index contributed by atoms with van der Waals surface area (Å²) in [6.45, 7) is 4.49. The summed E-state index contributed by atoms with van der Waals surface area (Å²) in [6.07, 6.45) is 6.33. The summed E-state index contributed by atoms with van der Waals surface area (Å²) in [6, 6.07) is 7.80. The molecule has 0 aliphatic heterocycles. The van der Waals surface area contributed by atoms with Crippen molar-refractivity contribution in [3.63, 3.8) is 0 Å². The van der Waals surface area contributed by atoms with Crippen LogP contribution in [0.1, 0.15) is 56.8 Å². The molecule has 5 nitrogen and oxygen atoms in total. The molecule has 0 saturated heterocycles. The molecule has 0 atom stereocenters. The molecule has 1 aromatic carbocycles. The van der Waals surface area contributed by atoms with E-state index < -0.39 is 0 Å². The SMILES string of the molecule is COc1ccc(Cn2c(=O)c(C3=CCCCC3)nn(C(C)C)c2=S)cc1. The molecule has 0 bridgehead atoms. The number of rotatable bonds is 5. The Labute approximate surface area is 158 Å². The number of hydrogen-bond donors (Lipinski definition) is 0. The molecule has 0 N–H and O–H groups in total. The van der Waals surface area contributed by atoms with Crippen LogP contribution in [0.15, 0.2) is 35.1 Å². The van der Waals surface area contributed by atoms with E-state index in [1.165, 1.54) is 6.42 Å². The number of aromatic nitrogens is 3. The molecule has 3 rings (SSSR count). The van der Waals surface area contributed by atoms with Gasteiger partial charge < -0.3 is 4.74 Å². The van der Waals surface area contributed by atoms with Crippen LogP contribution in [0.25, 0.3) is 5.57 Å². The molecule has 1 aliphatic rings. The smallest absolute Gasteiger partial charge is 0.281 e. The fraction of sp³-hybridized carbons (Fsp3) is 0.450. The van der Waals surface area contributed by atoms with Gasteiger partial charge in [0.2, 0.25) is 0 Å². The van der Waals surface area contributed by atoms with E-state index in [2.05, 4.69) is 11.2 Å². The van der Waals surface area contributed by atoms with Crippen LogP contribution in [0.4, 0.5) is 0 Å². The highest BCUT2D eigenvalue weighted by molar-refractivity contribution is 7.71. The number of hydrogen-bond acceptors (Lipinski definition) is 4. The maximum atomic E-state index is 13.1. The van der Waals surface area contributed by atoms with E-state index in [1.54, 1.807) is 16.4 Å². The predicted octanol–water partition coefficient (Wildman–Crippen LogP) is 4.37. The lowest BCUT2D eigenvalue weighted by Crippen LogP contribution is -2.31. The van der Waals surface area contributed by atoms with Crippen molar-refractivity contribution in [1.82, 2.24) is 14.3 Å². The largest absolute Gasteiger partial charge is 0.497 e. The topological polar surface area (TPSA) is 49.1 Å². The lowest BCUT2D eigenvalue weighted by atomic mass is 9.97. The summed E-state index contributed by atoms with van der Waals surface area (Å²) < 4.78 is 9.11. The van der Waals surface area contributed by atoms with Crippen molar-refractivity contribution < 1.29 is 4.74 Å². The Hall–Kier alpha value is -2.21. The molecule has 6 heteroatoms. The minimum atomic E-state index is -0.101. The second-order valence-corrected chi connectivity index (χ2v) is 7.25. The van der Waals surface area contributed by atoms with Gasteiger partial charge in [0.25, 0.3) is 5.56 Å². The summed E-state index contributed by atoms with van der Waals surface area (Å²) in [4.78, 5) is 13.1. The molecule has 0 unspecified atom stereocenters. The van der Waals surface area contributed by atoms with Crippen molar-refractivity contribution in [2.45, 2.75) is 52.1 Å². The van der Waals surface area contributed by atoms with Crippen molar-refractivity contribution in [3.8, 4) is 5.75 Å². The molecule has 0 radical (unpaired) electrons. The first kappa shape index (κ1) is 18.6. The van der Waals surface area contributed by atoms with Crippen LogP contribution in [0.3, 0.4) is 0 Å². The van der Waals surface area contributed by atoms with Crippen molar-refractivity contribution in [2.24, 2.45) is 0 Å². The van der Waals surface area contributed by atoms with Gasteiger partial charge in [0, 0.05) is 6.04 Å². The van der Waals surface area contributed by atoms with Gasteiger partial charge >= 0.3 is 0 Å². The molecule has 138 valence electrons. The van der Waals surface area contributed by atoms with Crippen LogP contribution in [0.2, 0.25) is 0 Å². The molecule has 0 saturated carbocycles. The number of benzene rings is 1. The van der Waals surface area contributed by atoms with E-state index in [-0.39, 0.29) is 11.6 Å². The molecule has 26 heavy (non-hydrogen) atoms. The molecule has 2 aromatic rings. The second-order valence-electron chi connectivity index (χ2n) is 6.88. The Morgan fingerprint density at radius 2 is 1.96 bits per heavy atom. The Bertz CT molecular complexity index is 924. The third-order valence-electron chi connectivity index (χ3n) is 4.67. The summed E-state index contributed by atoms with van der Waals surface area (Å²) in [5, 5.41) is 4.62. The fourth-order valence-electron chi connectivity index (χ4n) is 3.18. The highest BCUT2D eigenvalue weighted by atomic mass is 32.1. The van der Waals surface area contributed by atoms with Crippen molar-refractivity contribution in [1.29, 1.82) is 0 Å². The molecule has 1 aromatic heterocycles. The fourth-order valence-corrected chi connectivity index (χ4v) is 3.57. The lowest BCUT2D eigenvalue weighted by molar-refractivity contribution is 0.414. The maximum Gasteiger partial charge on any atom is 0.281 e. The monoisotopic (exact) mass is 371 g/mol. The van der Waals surface area contributed by atoms with Crippen LogP contribution < -0.4 is 10.3 Å². The molecule has 0 fully saturated rings. The van der Waals surface area contributed by atoms with Gasteiger partial charge in [0.1, 0.15) is 5.75 Å². The summed E-state index contributed by atoms with van der Waals surface area (Å²) in [5.41, 5.74) is 2.49. The first-order valence-electron chi connectivity index (χ1n) is 9.07. The molecular weight excluding hydrogens is 346 g/mol. The molecule has 1 heterocycles. The van der Waals surface area contributed by atoms with Crippen molar-refractivity contribution in [3.05, 3.63) is 56.7 Å². The van der Waals surface area contributed by atoms with Crippen LogP contribution in [0.5, 0.6) is 5.75 Å². The third kappa shape index (κ3) is 3.80. The first-order chi connectivity index (χ1) is 12.5. The summed E-state index contributed by atoms with van der Waals surface area (Å²) >= 11 is 5.58. The molecule has 0 spiro atoms. The van der Waals surface area contributed by atoms with E-state index in [0.29, 0.717) is 17.0 Å². The molecular formula is C20H25N3O2S. The second kappa shape index (κ2) is 7.99. The Morgan fingerprint density at radius 3 is 2.54 bits per heavy atom. The van der Waals surface area contributed by atoms with E-state index in [9.17, 15) is 4.79 Å². The zero-order valence-corrected chi connectivity index (χ0v) is 16.4. The number of methoxy groups -OCH3 is 1. The van der Waals surface area contributed by atoms with Crippen LogP contribution in [-0.2, 0) is 6.54 Å². The summed E-state index contributed by atoms with van der Waals surface area (Å²) in [5.74, 6) is 0.791. The van der Waals surface area contributed by atoms with E-state index in [4.69, 9.17) is 17.0 Å². The highest BCUT2D eigenvalue weighted by Crippen LogP contribution is 2.24. The zero-order chi connectivity index (χ0) is 18.7. The third-order valence-corrected chi connectivity index (χ3v) is 5.07. The van der Waals surface area contributed by atoms with Crippen LogP contribution >= 0.6 is 12.2 Å². The minimum absolute atomic E-state index is 0.0909. The lowest BCUT2D eigenvalue weighted by Gasteiger charge is -2.18. The van der Waals surface area contributed by atoms with Gasteiger partial charge in [-0.3, -0.25) is 9.36 Å². The quantitative estimate of drug-likeness (QED) is 0.732. The highest BCUT2D eigenvalue weighted by Gasteiger charge is 2.17. The number of ether oxygens (including phenoxy) is 1. The van der Waals surface area contributed by atoms with Gasteiger partial charge in [-0.05, 0) is 75.0 Å². The number of nitrogens with zero attached hydrogens (tertiary/aromatic N) is 3. The van der Waals surface area contributed by atoms with Crippen molar-refractivity contribution >= 4 is 17.8 Å². The average Bonchev–Trinajstić information content (AvgIpc) is 2.66. The van der Waals surface area contributed by atoms with Crippen LogP contribution in [0, 0.1) is 4.77 Å².